The van der Waals surface area contributed by atoms with Crippen LogP contribution < -0.4 is 4.90 Å². The van der Waals surface area contributed by atoms with Crippen LogP contribution in [0.1, 0.15) is 36.1 Å². The molecule has 0 spiro atoms. The average molecular weight is 432 g/mol. The molecule has 0 N–H and O–H groups in total. The van der Waals surface area contributed by atoms with Crippen LogP contribution in [0.4, 0.5) is 5.95 Å². The third kappa shape index (κ3) is 4.24. The molecular weight excluding hydrogens is 405 g/mol. The monoisotopic (exact) mass is 431 g/mol. The molecule has 1 aromatic heterocycles. The summed E-state index contributed by atoms with van der Waals surface area (Å²) in [6.07, 6.45) is 7.16. The lowest BCUT2D eigenvalue weighted by Gasteiger charge is -2.43. The molecule has 0 unspecified atom stereocenters. The molecule has 0 bridgehead atoms. The van der Waals surface area contributed by atoms with Crippen molar-refractivity contribution in [1.29, 1.82) is 0 Å². The first-order chi connectivity index (χ1) is 14.2. The van der Waals surface area contributed by atoms with Gasteiger partial charge in [0.15, 0.2) is 0 Å². The Kier molecular flexibility index (Phi) is 5.65. The van der Waals surface area contributed by atoms with Crippen molar-refractivity contribution in [1.82, 2.24) is 19.8 Å². The third-order valence-electron chi connectivity index (χ3n) is 6.60. The molecule has 7 heteroatoms. The zero-order chi connectivity index (χ0) is 19.8. The predicted octanol–water partition coefficient (Wildman–Crippen LogP) is 4.02. The second-order valence-corrected chi connectivity index (χ2v) is 9.29. The van der Waals surface area contributed by atoms with E-state index >= 15 is 0 Å². The van der Waals surface area contributed by atoms with Crippen molar-refractivity contribution in [2.24, 2.45) is 0 Å². The van der Waals surface area contributed by atoms with E-state index in [4.69, 9.17) is 33.2 Å². The number of anilines is 1. The van der Waals surface area contributed by atoms with Gasteiger partial charge in [0.2, 0.25) is 5.95 Å². The number of halogens is 2. The molecule has 2 fully saturated rings. The standard InChI is InChI=1S/C22H27Cl2N5/c23-18-5-4-16(20(24)12-18)14-27-7-6-21-17(15-27)13-25-22(26-21)29-10-8-28(9-11-29)19-2-1-3-19/h4-5,12-13,19H,1-3,6-11,14-15H2. The van der Waals surface area contributed by atoms with Gasteiger partial charge in [0.05, 0.1) is 5.69 Å². The average Bonchev–Trinajstić information content (AvgIpc) is 2.69. The van der Waals surface area contributed by atoms with E-state index in [-0.39, 0.29) is 0 Å². The highest BCUT2D eigenvalue weighted by atomic mass is 35.5. The van der Waals surface area contributed by atoms with Crippen molar-refractivity contribution >= 4 is 29.2 Å². The lowest BCUT2D eigenvalue weighted by Crippen LogP contribution is -2.52. The summed E-state index contributed by atoms with van der Waals surface area (Å²) >= 11 is 12.4. The van der Waals surface area contributed by atoms with Crippen LogP contribution >= 0.6 is 23.2 Å². The molecule has 1 saturated carbocycles. The molecule has 0 amide bonds. The second kappa shape index (κ2) is 8.38. The fourth-order valence-electron chi connectivity index (χ4n) is 4.58. The zero-order valence-electron chi connectivity index (χ0n) is 16.7. The van der Waals surface area contributed by atoms with Crippen LogP contribution in [0.3, 0.4) is 0 Å². The van der Waals surface area contributed by atoms with Crippen LogP contribution in [0, 0.1) is 0 Å². The molecule has 0 atom stereocenters. The quantitative estimate of drug-likeness (QED) is 0.730. The maximum atomic E-state index is 6.35. The van der Waals surface area contributed by atoms with Crippen LogP contribution in [-0.2, 0) is 19.5 Å². The summed E-state index contributed by atoms with van der Waals surface area (Å²) < 4.78 is 0. The summed E-state index contributed by atoms with van der Waals surface area (Å²) in [4.78, 5) is 17.1. The smallest absolute Gasteiger partial charge is 0.225 e. The van der Waals surface area contributed by atoms with Crippen LogP contribution in [-0.4, -0.2) is 58.5 Å². The molecular formula is C22H27Cl2N5. The number of fused-ring (bicyclic) bond motifs is 1. The first-order valence-corrected chi connectivity index (χ1v) is 11.4. The molecule has 1 aromatic carbocycles. The maximum absolute atomic E-state index is 6.35. The first kappa shape index (κ1) is 19.6. The first-order valence-electron chi connectivity index (χ1n) is 10.7. The fraction of sp³-hybridized carbons (Fsp3) is 0.545. The molecule has 3 heterocycles. The number of benzene rings is 1. The maximum Gasteiger partial charge on any atom is 0.225 e. The van der Waals surface area contributed by atoms with E-state index in [1.165, 1.54) is 30.5 Å². The van der Waals surface area contributed by atoms with Crippen LogP contribution in [0.15, 0.2) is 24.4 Å². The van der Waals surface area contributed by atoms with Crippen LogP contribution in [0.5, 0.6) is 0 Å². The van der Waals surface area contributed by atoms with Crippen LogP contribution in [0.25, 0.3) is 0 Å². The number of piperazine rings is 1. The Balaban J connectivity index is 1.21. The van der Waals surface area contributed by atoms with Gasteiger partial charge in [-0.1, -0.05) is 35.7 Å². The van der Waals surface area contributed by atoms with E-state index < -0.39 is 0 Å². The highest BCUT2D eigenvalue weighted by Crippen LogP contribution is 2.28. The summed E-state index contributed by atoms with van der Waals surface area (Å²) in [6, 6.07) is 6.57. The van der Waals surface area contributed by atoms with E-state index in [2.05, 4.69) is 14.7 Å². The summed E-state index contributed by atoms with van der Waals surface area (Å²) in [6.45, 7) is 7.02. The number of hydrogen-bond donors (Lipinski definition) is 0. The van der Waals surface area contributed by atoms with E-state index in [0.717, 1.165) is 74.8 Å². The molecule has 2 aliphatic heterocycles. The molecule has 0 radical (unpaired) electrons. The summed E-state index contributed by atoms with van der Waals surface area (Å²) in [5.41, 5.74) is 3.55. The van der Waals surface area contributed by atoms with E-state index in [0.29, 0.717) is 5.02 Å². The van der Waals surface area contributed by atoms with Gasteiger partial charge in [0.1, 0.15) is 0 Å². The van der Waals surface area contributed by atoms with Crippen molar-refractivity contribution in [3.05, 3.63) is 51.3 Å². The summed E-state index contributed by atoms with van der Waals surface area (Å²) in [5, 5.41) is 1.41. The second-order valence-electron chi connectivity index (χ2n) is 8.45. The number of nitrogens with zero attached hydrogens (tertiary/aromatic N) is 5. The fourth-order valence-corrected chi connectivity index (χ4v) is 5.05. The Morgan fingerprint density at radius 1 is 1.03 bits per heavy atom. The van der Waals surface area contributed by atoms with Crippen LogP contribution in [0.2, 0.25) is 10.0 Å². The molecule has 5 rings (SSSR count). The third-order valence-corrected chi connectivity index (χ3v) is 7.18. The van der Waals surface area contributed by atoms with Gasteiger partial charge in [-0.15, -0.1) is 0 Å². The lowest BCUT2D eigenvalue weighted by molar-refractivity contribution is 0.120. The molecule has 3 aliphatic rings. The van der Waals surface area contributed by atoms with Gasteiger partial charge in [-0.2, -0.15) is 0 Å². The predicted molar refractivity (Wildman–Crippen MR) is 118 cm³/mol. The Morgan fingerprint density at radius 3 is 2.59 bits per heavy atom. The molecule has 1 aliphatic carbocycles. The Hall–Kier alpha value is -1.40. The van der Waals surface area contributed by atoms with Crippen molar-refractivity contribution in [3.63, 3.8) is 0 Å². The zero-order valence-corrected chi connectivity index (χ0v) is 18.2. The minimum absolute atomic E-state index is 0.678. The molecule has 1 saturated heterocycles. The number of aromatic nitrogens is 2. The minimum atomic E-state index is 0.678. The Morgan fingerprint density at radius 2 is 1.86 bits per heavy atom. The van der Waals surface area contributed by atoms with E-state index in [9.17, 15) is 0 Å². The van der Waals surface area contributed by atoms with Gasteiger partial charge in [0.25, 0.3) is 0 Å². The molecule has 5 nitrogen and oxygen atoms in total. The largest absolute Gasteiger partial charge is 0.338 e. The van der Waals surface area contributed by atoms with Gasteiger partial charge in [-0.3, -0.25) is 9.80 Å². The van der Waals surface area contributed by atoms with E-state index in [1.54, 1.807) is 0 Å². The molecule has 154 valence electrons. The SMILES string of the molecule is Clc1ccc(CN2CCc3nc(N4CCN(C5CCC5)CC4)ncc3C2)c(Cl)c1. The van der Waals surface area contributed by atoms with E-state index in [1.807, 2.05) is 24.4 Å². The summed E-state index contributed by atoms with van der Waals surface area (Å²) in [7, 11) is 0. The minimum Gasteiger partial charge on any atom is -0.338 e. The van der Waals surface area contributed by atoms with Gasteiger partial charge in [-0.25, -0.2) is 9.97 Å². The van der Waals surface area contributed by atoms with Crippen molar-refractivity contribution < 1.29 is 0 Å². The Bertz CT molecular complexity index is 878. The van der Waals surface area contributed by atoms with Gasteiger partial charge < -0.3 is 4.90 Å². The van der Waals surface area contributed by atoms with Gasteiger partial charge >= 0.3 is 0 Å². The highest BCUT2D eigenvalue weighted by Gasteiger charge is 2.29. The van der Waals surface area contributed by atoms with Crippen molar-refractivity contribution in [2.75, 3.05) is 37.6 Å². The van der Waals surface area contributed by atoms with Crippen molar-refractivity contribution in [2.45, 2.75) is 44.8 Å². The van der Waals surface area contributed by atoms with Gasteiger partial charge in [0, 0.05) is 80.1 Å². The summed E-state index contributed by atoms with van der Waals surface area (Å²) in [5.74, 6) is 0.909. The number of hydrogen-bond acceptors (Lipinski definition) is 5. The number of rotatable bonds is 4. The molecule has 29 heavy (non-hydrogen) atoms. The lowest BCUT2D eigenvalue weighted by atomic mass is 9.91. The topological polar surface area (TPSA) is 35.5 Å². The Labute approximate surface area is 182 Å². The normalized spacial score (nSPS) is 21.1. The van der Waals surface area contributed by atoms with Gasteiger partial charge in [-0.05, 0) is 30.5 Å². The van der Waals surface area contributed by atoms with Crippen molar-refractivity contribution in [3.8, 4) is 0 Å². The molecule has 2 aromatic rings. The highest BCUT2D eigenvalue weighted by molar-refractivity contribution is 6.35.